The summed E-state index contributed by atoms with van der Waals surface area (Å²) in [6.07, 6.45) is 0.849. The number of carbonyl (C=O) groups is 2. The van der Waals surface area contributed by atoms with Gasteiger partial charge >= 0.3 is 6.03 Å². The number of nitrogens with zero attached hydrogens (tertiary/aromatic N) is 2. The van der Waals surface area contributed by atoms with Crippen molar-refractivity contribution in [1.29, 1.82) is 0 Å². The third-order valence-corrected chi connectivity index (χ3v) is 4.11. The molecule has 1 fully saturated rings. The third kappa shape index (κ3) is 4.31. The fraction of sp³-hybridized carbons (Fsp3) is 0.529. The van der Waals surface area contributed by atoms with E-state index in [0.717, 1.165) is 24.4 Å². The number of hydrogen-bond acceptors (Lipinski definition) is 4. The molecule has 3 amide bonds. The standard InChI is InChI=1S/C17H26N4O3/c1-12(16(22)20(2)3)18-17(23)19-13-9-10-21(11-13)14-7-5-6-8-15(14)24-4/h5-8,12-13H,9-11H2,1-4H3,(H2,18,19,23)/t12-,13-/m0/s1. The minimum absolute atomic E-state index is 0.0385. The second-order valence-corrected chi connectivity index (χ2v) is 6.18. The number of likely N-dealkylation sites (N-methyl/N-ethyl adjacent to an activating group) is 1. The maximum atomic E-state index is 12.1. The topological polar surface area (TPSA) is 73.9 Å². The monoisotopic (exact) mass is 334 g/mol. The van der Waals surface area contributed by atoms with E-state index in [4.69, 9.17) is 4.74 Å². The van der Waals surface area contributed by atoms with Gasteiger partial charge in [-0.1, -0.05) is 12.1 Å². The molecule has 2 N–H and O–H groups in total. The molecule has 1 heterocycles. The maximum absolute atomic E-state index is 12.1. The van der Waals surface area contributed by atoms with Gasteiger partial charge in [-0.25, -0.2) is 4.79 Å². The highest BCUT2D eigenvalue weighted by atomic mass is 16.5. The van der Waals surface area contributed by atoms with Crippen LogP contribution in [-0.2, 0) is 4.79 Å². The molecule has 1 saturated heterocycles. The van der Waals surface area contributed by atoms with E-state index < -0.39 is 6.04 Å². The van der Waals surface area contributed by atoms with Gasteiger partial charge in [-0.15, -0.1) is 0 Å². The van der Waals surface area contributed by atoms with Crippen LogP contribution in [0, 0.1) is 0 Å². The first-order chi connectivity index (χ1) is 11.4. The number of ether oxygens (including phenoxy) is 1. The molecule has 0 aromatic heterocycles. The largest absolute Gasteiger partial charge is 0.495 e. The summed E-state index contributed by atoms with van der Waals surface area (Å²) in [5, 5.41) is 5.62. The van der Waals surface area contributed by atoms with E-state index >= 15 is 0 Å². The number of rotatable bonds is 5. The molecule has 0 aliphatic carbocycles. The fourth-order valence-electron chi connectivity index (χ4n) is 2.86. The van der Waals surface area contributed by atoms with Gasteiger partial charge in [0.1, 0.15) is 11.8 Å². The fourth-order valence-corrected chi connectivity index (χ4v) is 2.86. The van der Waals surface area contributed by atoms with Crippen LogP contribution >= 0.6 is 0 Å². The van der Waals surface area contributed by atoms with E-state index in [1.54, 1.807) is 28.1 Å². The molecule has 0 radical (unpaired) electrons. The molecule has 2 rings (SSSR count). The molecule has 0 saturated carbocycles. The Morgan fingerprint density at radius 2 is 2.04 bits per heavy atom. The van der Waals surface area contributed by atoms with Crippen molar-refractivity contribution in [1.82, 2.24) is 15.5 Å². The average Bonchev–Trinajstić information content (AvgIpc) is 3.01. The van der Waals surface area contributed by atoms with E-state index in [1.165, 1.54) is 4.90 Å². The minimum Gasteiger partial charge on any atom is -0.495 e. The summed E-state index contributed by atoms with van der Waals surface area (Å²) in [5.74, 6) is 0.694. The zero-order chi connectivity index (χ0) is 17.7. The minimum atomic E-state index is -0.549. The van der Waals surface area contributed by atoms with Crippen molar-refractivity contribution in [2.45, 2.75) is 25.4 Å². The molecule has 7 nitrogen and oxygen atoms in total. The van der Waals surface area contributed by atoms with E-state index in [9.17, 15) is 9.59 Å². The van der Waals surface area contributed by atoms with Gasteiger partial charge in [0.15, 0.2) is 0 Å². The maximum Gasteiger partial charge on any atom is 0.315 e. The second kappa shape index (κ2) is 7.90. The first-order valence-corrected chi connectivity index (χ1v) is 8.08. The lowest BCUT2D eigenvalue weighted by molar-refractivity contribution is -0.130. The highest BCUT2D eigenvalue weighted by Gasteiger charge is 2.26. The van der Waals surface area contributed by atoms with Gasteiger partial charge in [-0.2, -0.15) is 0 Å². The van der Waals surface area contributed by atoms with Crippen molar-refractivity contribution in [3.05, 3.63) is 24.3 Å². The molecule has 0 bridgehead atoms. The van der Waals surface area contributed by atoms with E-state index in [0.29, 0.717) is 6.54 Å². The number of carbonyl (C=O) groups excluding carboxylic acids is 2. The number of methoxy groups -OCH3 is 1. The van der Waals surface area contributed by atoms with Gasteiger partial charge in [0.2, 0.25) is 5.91 Å². The molecule has 0 spiro atoms. The molecular formula is C17H26N4O3. The predicted octanol–water partition coefficient (Wildman–Crippen LogP) is 1.05. The molecule has 1 aliphatic heterocycles. The predicted molar refractivity (Wildman–Crippen MR) is 93.4 cm³/mol. The lowest BCUT2D eigenvalue weighted by atomic mass is 10.2. The number of para-hydroxylation sites is 2. The van der Waals surface area contributed by atoms with Crippen LogP contribution < -0.4 is 20.3 Å². The molecule has 2 atom stereocenters. The van der Waals surface area contributed by atoms with Crippen LogP contribution in [-0.4, -0.2) is 63.2 Å². The zero-order valence-corrected chi connectivity index (χ0v) is 14.7. The van der Waals surface area contributed by atoms with Gasteiger partial charge in [0, 0.05) is 33.2 Å². The molecule has 1 aromatic carbocycles. The number of anilines is 1. The summed E-state index contributed by atoms with van der Waals surface area (Å²) in [4.78, 5) is 27.5. The molecule has 1 aromatic rings. The Bertz CT molecular complexity index is 591. The highest BCUT2D eigenvalue weighted by Crippen LogP contribution is 2.30. The van der Waals surface area contributed by atoms with Crippen LogP contribution in [0.2, 0.25) is 0 Å². The lowest BCUT2D eigenvalue weighted by Crippen LogP contribution is -2.50. The van der Waals surface area contributed by atoms with Crippen LogP contribution in [0.25, 0.3) is 0 Å². The summed E-state index contributed by atoms with van der Waals surface area (Å²) in [7, 11) is 4.99. The molecule has 0 unspecified atom stereocenters. The highest BCUT2D eigenvalue weighted by molar-refractivity contribution is 5.86. The van der Waals surface area contributed by atoms with Crippen LogP contribution in [0.4, 0.5) is 10.5 Å². The molecule has 132 valence electrons. The molecule has 7 heteroatoms. The molecule has 1 aliphatic rings. The Morgan fingerprint density at radius 1 is 1.33 bits per heavy atom. The first kappa shape index (κ1) is 17.9. The first-order valence-electron chi connectivity index (χ1n) is 8.08. The summed E-state index contributed by atoms with van der Waals surface area (Å²) in [6, 6.07) is 7.02. The van der Waals surface area contributed by atoms with Crippen molar-refractivity contribution in [2.75, 3.05) is 39.2 Å². The molecule has 24 heavy (non-hydrogen) atoms. The average molecular weight is 334 g/mol. The number of urea groups is 1. The van der Waals surface area contributed by atoms with Gasteiger partial charge < -0.3 is 25.2 Å². The van der Waals surface area contributed by atoms with Crippen LogP contribution in [0.5, 0.6) is 5.75 Å². The Kier molecular flexibility index (Phi) is 5.89. The zero-order valence-electron chi connectivity index (χ0n) is 14.7. The van der Waals surface area contributed by atoms with Crippen LogP contribution in [0.15, 0.2) is 24.3 Å². The van der Waals surface area contributed by atoms with Crippen molar-refractivity contribution in [3.63, 3.8) is 0 Å². The van der Waals surface area contributed by atoms with Crippen molar-refractivity contribution >= 4 is 17.6 Å². The number of benzene rings is 1. The summed E-state index contributed by atoms with van der Waals surface area (Å²) in [6.45, 7) is 3.24. The van der Waals surface area contributed by atoms with Crippen LogP contribution in [0.3, 0.4) is 0 Å². The Morgan fingerprint density at radius 3 is 2.71 bits per heavy atom. The summed E-state index contributed by atoms with van der Waals surface area (Å²) in [5.41, 5.74) is 1.03. The SMILES string of the molecule is COc1ccccc1N1CC[C@H](NC(=O)N[C@@H](C)C(=O)N(C)C)C1. The summed E-state index contributed by atoms with van der Waals surface area (Å²) < 4.78 is 5.39. The van der Waals surface area contributed by atoms with E-state index in [1.807, 2.05) is 24.3 Å². The molecular weight excluding hydrogens is 308 g/mol. The van der Waals surface area contributed by atoms with E-state index in [-0.39, 0.29) is 18.0 Å². The smallest absolute Gasteiger partial charge is 0.315 e. The van der Waals surface area contributed by atoms with Gasteiger partial charge in [-0.05, 0) is 25.5 Å². The Balaban J connectivity index is 1.87. The van der Waals surface area contributed by atoms with Crippen molar-refractivity contribution in [2.24, 2.45) is 0 Å². The van der Waals surface area contributed by atoms with Crippen LogP contribution in [0.1, 0.15) is 13.3 Å². The van der Waals surface area contributed by atoms with Crippen molar-refractivity contribution < 1.29 is 14.3 Å². The quantitative estimate of drug-likeness (QED) is 0.844. The number of hydrogen-bond donors (Lipinski definition) is 2. The van der Waals surface area contributed by atoms with Gasteiger partial charge in [-0.3, -0.25) is 4.79 Å². The summed E-state index contributed by atoms with van der Waals surface area (Å²) >= 11 is 0. The van der Waals surface area contributed by atoms with Gasteiger partial charge in [0.25, 0.3) is 0 Å². The third-order valence-electron chi connectivity index (χ3n) is 4.11. The number of nitrogens with one attached hydrogen (secondary N) is 2. The second-order valence-electron chi connectivity index (χ2n) is 6.18. The van der Waals surface area contributed by atoms with Gasteiger partial charge in [0.05, 0.1) is 12.8 Å². The van der Waals surface area contributed by atoms with Crippen molar-refractivity contribution in [3.8, 4) is 5.75 Å². The number of amides is 3. The normalized spacial score (nSPS) is 18.0. The van der Waals surface area contributed by atoms with E-state index in [2.05, 4.69) is 15.5 Å². The lowest BCUT2D eigenvalue weighted by Gasteiger charge is -2.22. The Hall–Kier alpha value is -2.44. The Labute approximate surface area is 142 Å².